The van der Waals surface area contributed by atoms with E-state index in [2.05, 4.69) is 39.2 Å². The second kappa shape index (κ2) is 8.15. The van der Waals surface area contributed by atoms with Crippen molar-refractivity contribution in [2.24, 2.45) is 0 Å². The summed E-state index contributed by atoms with van der Waals surface area (Å²) in [7, 11) is 0. The predicted octanol–water partition coefficient (Wildman–Crippen LogP) is 4.13. The van der Waals surface area contributed by atoms with Crippen LogP contribution in [0.5, 0.6) is 0 Å². The van der Waals surface area contributed by atoms with E-state index in [-0.39, 0.29) is 0 Å². The van der Waals surface area contributed by atoms with Crippen LogP contribution in [0.25, 0.3) is 0 Å². The Kier molecular flexibility index (Phi) is 5.27. The summed E-state index contributed by atoms with van der Waals surface area (Å²) in [6.45, 7) is 4.01. The van der Waals surface area contributed by atoms with E-state index in [0.29, 0.717) is 11.7 Å². The Morgan fingerprint density at radius 1 is 1.18 bits per heavy atom. The largest absolute Gasteiger partial charge is 0.339 e. The molecule has 0 unspecified atom stereocenters. The second-order valence-electron chi connectivity index (χ2n) is 7.01. The summed E-state index contributed by atoms with van der Waals surface area (Å²) in [5, 5.41) is 12.1. The Balaban J connectivity index is 1.51. The summed E-state index contributed by atoms with van der Waals surface area (Å²) in [4.78, 5) is 16.0. The summed E-state index contributed by atoms with van der Waals surface area (Å²) in [5.74, 6) is 0.782. The molecule has 4 heterocycles. The Labute approximate surface area is 164 Å². The van der Waals surface area contributed by atoms with Crippen molar-refractivity contribution in [2.75, 3.05) is 11.9 Å². The summed E-state index contributed by atoms with van der Waals surface area (Å²) >= 11 is 0. The fourth-order valence-corrected chi connectivity index (χ4v) is 3.62. The van der Waals surface area contributed by atoms with Gasteiger partial charge in [0.2, 0.25) is 0 Å². The van der Waals surface area contributed by atoms with Crippen LogP contribution in [0.2, 0.25) is 0 Å². The normalized spacial score (nSPS) is 16.6. The first-order valence-corrected chi connectivity index (χ1v) is 9.47. The molecule has 4 rings (SSSR count). The minimum atomic E-state index is 0.294. The highest BCUT2D eigenvalue weighted by molar-refractivity contribution is 5.55. The number of anilines is 2. The molecule has 6 nitrogen and oxygen atoms in total. The number of hydrogen-bond acceptors (Lipinski definition) is 6. The first kappa shape index (κ1) is 18.1. The van der Waals surface area contributed by atoms with Crippen molar-refractivity contribution in [3.63, 3.8) is 0 Å². The quantitative estimate of drug-likeness (QED) is 0.727. The summed E-state index contributed by atoms with van der Waals surface area (Å²) in [5.41, 5.74) is 4.64. The maximum absolute atomic E-state index is 8.87. The van der Waals surface area contributed by atoms with Crippen molar-refractivity contribution in [3.05, 3.63) is 77.5 Å². The zero-order chi connectivity index (χ0) is 19.3. The van der Waals surface area contributed by atoms with Crippen LogP contribution >= 0.6 is 0 Å². The molecule has 140 valence electrons. The molecule has 28 heavy (non-hydrogen) atoms. The number of rotatable bonds is 5. The molecule has 1 aliphatic rings. The first-order chi connectivity index (χ1) is 13.7. The van der Waals surface area contributed by atoms with E-state index in [1.54, 1.807) is 12.3 Å². The Morgan fingerprint density at radius 2 is 2.11 bits per heavy atom. The molecule has 0 amide bonds. The van der Waals surface area contributed by atoms with Gasteiger partial charge in [-0.2, -0.15) is 5.26 Å². The van der Waals surface area contributed by atoms with E-state index in [9.17, 15) is 0 Å². The molecule has 0 bridgehead atoms. The van der Waals surface area contributed by atoms with Gasteiger partial charge in [-0.25, -0.2) is 9.97 Å². The highest BCUT2D eigenvalue weighted by atomic mass is 15.2. The number of pyridine rings is 3. The topological polar surface area (TPSA) is 77.7 Å². The van der Waals surface area contributed by atoms with Gasteiger partial charge in [0.15, 0.2) is 0 Å². The summed E-state index contributed by atoms with van der Waals surface area (Å²) in [6, 6.07) is 16.0. The SMILES string of the molecule is Cc1cccnc1CN1CCC[C@H]1c1cccc(Nc2ccc(C#N)nc2)n1. The van der Waals surface area contributed by atoms with Gasteiger partial charge in [-0.05, 0) is 62.2 Å². The molecule has 1 saturated heterocycles. The van der Waals surface area contributed by atoms with Crippen molar-refractivity contribution < 1.29 is 0 Å². The van der Waals surface area contributed by atoms with Gasteiger partial charge in [0, 0.05) is 12.7 Å². The molecule has 0 spiro atoms. The molecule has 0 saturated carbocycles. The van der Waals surface area contributed by atoms with Crippen LogP contribution in [0.1, 0.15) is 41.5 Å². The van der Waals surface area contributed by atoms with Crippen molar-refractivity contribution in [1.82, 2.24) is 19.9 Å². The molecule has 1 atom stereocenters. The van der Waals surface area contributed by atoms with E-state index in [4.69, 9.17) is 10.2 Å². The first-order valence-electron chi connectivity index (χ1n) is 9.47. The molecule has 6 heteroatoms. The molecule has 3 aromatic heterocycles. The fraction of sp³-hybridized carbons (Fsp3) is 0.273. The maximum atomic E-state index is 8.87. The third-order valence-corrected chi connectivity index (χ3v) is 5.10. The van der Waals surface area contributed by atoms with Crippen molar-refractivity contribution >= 4 is 11.5 Å². The molecule has 0 aromatic carbocycles. The highest BCUT2D eigenvalue weighted by Gasteiger charge is 2.27. The number of aryl methyl sites for hydroxylation is 1. The van der Waals surface area contributed by atoms with E-state index < -0.39 is 0 Å². The van der Waals surface area contributed by atoms with Gasteiger partial charge < -0.3 is 5.32 Å². The minimum Gasteiger partial charge on any atom is -0.339 e. The van der Waals surface area contributed by atoms with Crippen LogP contribution in [-0.4, -0.2) is 26.4 Å². The summed E-state index contributed by atoms with van der Waals surface area (Å²) in [6.07, 6.45) is 5.77. The highest BCUT2D eigenvalue weighted by Crippen LogP contribution is 2.33. The number of likely N-dealkylation sites (tertiary alicyclic amines) is 1. The Morgan fingerprint density at radius 3 is 2.89 bits per heavy atom. The van der Waals surface area contributed by atoms with Crippen molar-refractivity contribution in [3.8, 4) is 6.07 Å². The molecule has 0 aliphatic carbocycles. The van der Waals surface area contributed by atoms with Crippen molar-refractivity contribution in [2.45, 2.75) is 32.4 Å². The zero-order valence-electron chi connectivity index (χ0n) is 15.8. The molecular formula is C22H22N6. The molecular weight excluding hydrogens is 348 g/mol. The van der Waals surface area contributed by atoms with Gasteiger partial charge >= 0.3 is 0 Å². The molecule has 1 aliphatic heterocycles. The minimum absolute atomic E-state index is 0.294. The van der Waals surface area contributed by atoms with Crippen LogP contribution in [0, 0.1) is 18.3 Å². The lowest BCUT2D eigenvalue weighted by Crippen LogP contribution is -2.24. The predicted molar refractivity (Wildman–Crippen MR) is 108 cm³/mol. The number of nitrogens with one attached hydrogen (secondary N) is 1. The van der Waals surface area contributed by atoms with Gasteiger partial charge in [-0.3, -0.25) is 9.88 Å². The Hall–Kier alpha value is -3.30. The molecule has 1 fully saturated rings. The number of nitriles is 1. The Bertz CT molecular complexity index is 992. The van der Waals surface area contributed by atoms with Crippen LogP contribution in [0.15, 0.2) is 54.9 Å². The fourth-order valence-electron chi connectivity index (χ4n) is 3.62. The number of aromatic nitrogens is 3. The molecule has 0 radical (unpaired) electrons. The summed E-state index contributed by atoms with van der Waals surface area (Å²) < 4.78 is 0. The monoisotopic (exact) mass is 370 g/mol. The second-order valence-corrected chi connectivity index (χ2v) is 7.01. The van der Waals surface area contributed by atoms with Gasteiger partial charge in [0.1, 0.15) is 17.6 Å². The van der Waals surface area contributed by atoms with Gasteiger partial charge in [-0.1, -0.05) is 12.1 Å². The average Bonchev–Trinajstić information content (AvgIpc) is 3.19. The van der Waals surface area contributed by atoms with Crippen LogP contribution in [-0.2, 0) is 6.54 Å². The smallest absolute Gasteiger partial charge is 0.140 e. The molecule has 3 aromatic rings. The van der Waals surface area contributed by atoms with E-state index >= 15 is 0 Å². The third kappa shape index (κ3) is 4.00. The maximum Gasteiger partial charge on any atom is 0.140 e. The van der Waals surface area contributed by atoms with Gasteiger partial charge in [-0.15, -0.1) is 0 Å². The number of hydrogen-bond donors (Lipinski definition) is 1. The van der Waals surface area contributed by atoms with Crippen LogP contribution in [0.4, 0.5) is 11.5 Å². The van der Waals surface area contributed by atoms with Gasteiger partial charge in [0.05, 0.1) is 29.3 Å². The third-order valence-electron chi connectivity index (χ3n) is 5.10. The zero-order valence-corrected chi connectivity index (χ0v) is 15.8. The van der Waals surface area contributed by atoms with E-state index in [1.165, 1.54) is 5.56 Å². The lowest BCUT2D eigenvalue weighted by molar-refractivity contribution is 0.241. The van der Waals surface area contributed by atoms with E-state index in [0.717, 1.165) is 48.8 Å². The standard InChI is InChI=1S/C22H22N6/c1-16-5-3-11-24-20(16)15-28-12-4-7-21(28)19-6-2-8-22(27-19)26-18-10-9-17(13-23)25-14-18/h2-3,5-6,8-11,14,21H,4,7,12,15H2,1H3,(H,26,27)/t21-/m0/s1. The lowest BCUT2D eigenvalue weighted by Gasteiger charge is -2.24. The number of nitrogens with zero attached hydrogens (tertiary/aromatic N) is 5. The molecule has 1 N–H and O–H groups in total. The average molecular weight is 370 g/mol. The van der Waals surface area contributed by atoms with Crippen LogP contribution < -0.4 is 5.32 Å². The van der Waals surface area contributed by atoms with Gasteiger partial charge in [0.25, 0.3) is 0 Å². The lowest BCUT2D eigenvalue weighted by atomic mass is 10.1. The van der Waals surface area contributed by atoms with Crippen molar-refractivity contribution in [1.29, 1.82) is 5.26 Å². The van der Waals surface area contributed by atoms with Crippen LogP contribution in [0.3, 0.4) is 0 Å². The van der Waals surface area contributed by atoms with E-state index in [1.807, 2.05) is 36.5 Å².